The molecule has 0 spiro atoms. The average Bonchev–Trinajstić information content (AvgIpc) is 2.81. The molecule has 36 heavy (non-hydrogen) atoms. The van der Waals surface area contributed by atoms with E-state index in [2.05, 4.69) is 25.3 Å². The molecular weight excluding hydrogens is 511 g/mol. The van der Waals surface area contributed by atoms with Crippen LogP contribution in [-0.4, -0.2) is 49.2 Å². The number of nitrogens with one attached hydrogen (secondary N) is 3. The molecule has 1 saturated heterocycles. The Balaban J connectivity index is 1.50. The lowest BCUT2D eigenvalue weighted by molar-refractivity contribution is -0.296. The van der Waals surface area contributed by atoms with Crippen molar-refractivity contribution in [3.63, 3.8) is 0 Å². The van der Waals surface area contributed by atoms with Gasteiger partial charge in [-0.2, -0.15) is 4.98 Å². The van der Waals surface area contributed by atoms with Gasteiger partial charge in [-0.25, -0.2) is 22.6 Å². The van der Waals surface area contributed by atoms with Gasteiger partial charge < -0.3 is 10.2 Å². The van der Waals surface area contributed by atoms with Crippen molar-refractivity contribution in [2.24, 2.45) is 0 Å². The van der Waals surface area contributed by atoms with Crippen LogP contribution in [0.5, 0.6) is 0 Å². The summed E-state index contributed by atoms with van der Waals surface area (Å²) in [5, 5.41) is 5.40. The topological polar surface area (TPSA) is 133 Å². The summed E-state index contributed by atoms with van der Waals surface area (Å²) >= 11 is 4.86. The molecule has 0 radical (unpaired) electrons. The van der Waals surface area contributed by atoms with Crippen molar-refractivity contribution < 1.29 is 34.0 Å². The Bertz CT molecular complexity index is 1400. The van der Waals surface area contributed by atoms with Crippen molar-refractivity contribution >= 4 is 39.2 Å². The number of piperidine rings is 1. The highest BCUT2D eigenvalue weighted by atomic mass is 35.5. The number of sulfonamides is 1. The second-order valence-electron chi connectivity index (χ2n) is 8.11. The Morgan fingerprint density at radius 1 is 1.14 bits per heavy atom. The molecule has 1 aliphatic heterocycles. The van der Waals surface area contributed by atoms with E-state index in [1.165, 1.54) is 35.5 Å². The van der Waals surface area contributed by atoms with Crippen molar-refractivity contribution in [1.29, 1.82) is 0 Å². The van der Waals surface area contributed by atoms with Gasteiger partial charge in [0.25, 0.3) is 0 Å². The third kappa shape index (κ3) is 6.07. The van der Waals surface area contributed by atoms with Crippen molar-refractivity contribution in [3.05, 3.63) is 65.8 Å². The molecule has 10 nitrogen and oxygen atoms in total. The SMILES string of the molecule is CS(=O)(=O)Nc1ccccc1-c1ccc(N2CCC[C@@H](NC(=O)Nc3cnc([ClH+])cn3)C2=O)cc1F. The van der Waals surface area contributed by atoms with Crippen LogP contribution in [0.1, 0.15) is 12.8 Å². The number of amides is 3. The van der Waals surface area contributed by atoms with Crippen LogP contribution < -0.4 is 20.3 Å². The molecule has 0 aliphatic carbocycles. The Hall–Kier alpha value is -3.77. The number of carbonyl (C=O) groups excluding carboxylic acids is 2. The number of para-hydroxylation sites is 1. The fraction of sp³-hybridized carbons (Fsp3) is 0.217. The molecule has 188 valence electrons. The molecule has 1 aromatic heterocycles. The summed E-state index contributed by atoms with van der Waals surface area (Å²) in [7, 11) is -3.57. The number of hydrogen-bond donors (Lipinski definition) is 3. The second kappa shape index (κ2) is 10.5. The molecule has 4 rings (SSSR count). The number of rotatable bonds is 6. The van der Waals surface area contributed by atoms with Crippen LogP contribution >= 0.6 is 0 Å². The van der Waals surface area contributed by atoms with Gasteiger partial charge in [-0.05, 0) is 37.1 Å². The third-order valence-electron chi connectivity index (χ3n) is 5.39. The minimum atomic E-state index is -3.57. The summed E-state index contributed by atoms with van der Waals surface area (Å²) in [6, 6.07) is 9.30. The summed E-state index contributed by atoms with van der Waals surface area (Å²) in [4.78, 5) is 34.7. The number of benzene rings is 2. The highest BCUT2D eigenvalue weighted by molar-refractivity contribution is 7.92. The van der Waals surface area contributed by atoms with E-state index in [1.807, 2.05) is 0 Å². The van der Waals surface area contributed by atoms with E-state index in [9.17, 15) is 18.0 Å². The quantitative estimate of drug-likeness (QED) is 0.446. The van der Waals surface area contributed by atoms with Gasteiger partial charge in [0.1, 0.15) is 18.1 Å². The first-order valence-electron chi connectivity index (χ1n) is 10.9. The zero-order valence-corrected chi connectivity index (χ0v) is 20.7. The maximum absolute atomic E-state index is 15.2. The normalized spacial score (nSPS) is 15.9. The van der Waals surface area contributed by atoms with E-state index in [0.29, 0.717) is 30.6 Å². The van der Waals surface area contributed by atoms with Crippen LogP contribution in [-0.2, 0) is 14.8 Å². The molecule has 0 bridgehead atoms. The predicted octanol–water partition coefficient (Wildman–Crippen LogP) is 2.67. The van der Waals surface area contributed by atoms with Crippen LogP contribution in [0, 0.1) is 17.4 Å². The van der Waals surface area contributed by atoms with Crippen molar-refractivity contribution in [3.8, 4) is 11.1 Å². The lowest BCUT2D eigenvalue weighted by Gasteiger charge is -2.32. The van der Waals surface area contributed by atoms with E-state index < -0.39 is 27.9 Å². The summed E-state index contributed by atoms with van der Waals surface area (Å²) in [5.74, 6) is -0.821. The van der Waals surface area contributed by atoms with Gasteiger partial charge in [0.05, 0.1) is 18.1 Å². The second-order valence-corrected chi connectivity index (χ2v) is 10.3. The van der Waals surface area contributed by atoms with E-state index in [1.54, 1.807) is 24.3 Å². The molecule has 0 saturated carbocycles. The Labute approximate surface area is 211 Å². The smallest absolute Gasteiger partial charge is 0.326 e. The number of hydrogen-bond acceptors (Lipinski definition) is 6. The average molecular weight is 534 g/mol. The number of carbonyl (C=O) groups is 2. The van der Waals surface area contributed by atoms with Crippen molar-refractivity contribution in [2.75, 3.05) is 27.7 Å². The van der Waals surface area contributed by atoms with Crippen LogP contribution in [0.4, 0.5) is 26.4 Å². The van der Waals surface area contributed by atoms with Gasteiger partial charge in [0.2, 0.25) is 15.9 Å². The van der Waals surface area contributed by atoms with Crippen LogP contribution in [0.2, 0.25) is 5.15 Å². The van der Waals surface area contributed by atoms with Gasteiger partial charge in [-0.15, -0.1) is 0 Å². The van der Waals surface area contributed by atoms with E-state index in [-0.39, 0.29) is 28.1 Å². The summed E-state index contributed by atoms with van der Waals surface area (Å²) < 4.78 is 41.0. The number of anilines is 3. The van der Waals surface area contributed by atoms with Crippen LogP contribution in [0.15, 0.2) is 54.9 Å². The first-order chi connectivity index (χ1) is 17.1. The van der Waals surface area contributed by atoms with E-state index in [4.69, 9.17) is 11.6 Å². The molecule has 2 heterocycles. The van der Waals surface area contributed by atoms with Gasteiger partial charge in [-0.1, -0.05) is 18.2 Å². The molecule has 3 aromatic rings. The standard InChI is InChI=1S/C23H22ClFN6O4S/c1-36(34,35)30-18-6-3-2-5-16(18)15-9-8-14(11-17(15)25)31-10-4-7-19(22(31)32)28-23(33)29-21-13-26-20(24)12-27-21/h2-3,5-6,8-9,11-13,19,24,30H,4,7,10H2,1H3,(H-,27,28,29,33)/p+1/t19-/m1/s1. The fourth-order valence-corrected chi connectivity index (χ4v) is 4.54. The Morgan fingerprint density at radius 2 is 1.92 bits per heavy atom. The summed E-state index contributed by atoms with van der Waals surface area (Å²) in [5.41, 5.74) is 1.10. The number of nitrogens with zero attached hydrogens (tertiary/aromatic N) is 3. The molecule has 1 atom stereocenters. The number of aromatic nitrogens is 2. The summed E-state index contributed by atoms with van der Waals surface area (Å²) in [6.45, 7) is 0.357. The maximum Gasteiger partial charge on any atom is 0.336 e. The number of urea groups is 1. The molecule has 1 fully saturated rings. The molecule has 3 N–H and O–H groups in total. The van der Waals surface area contributed by atoms with Gasteiger partial charge in [0.15, 0.2) is 17.4 Å². The van der Waals surface area contributed by atoms with Crippen LogP contribution in [0.3, 0.4) is 0 Å². The number of halogens is 2. The van der Waals surface area contributed by atoms with Gasteiger partial charge in [-0.3, -0.25) is 14.8 Å². The zero-order chi connectivity index (χ0) is 25.9. The molecule has 3 amide bonds. The molecule has 13 heteroatoms. The Morgan fingerprint density at radius 3 is 2.61 bits per heavy atom. The zero-order valence-electron chi connectivity index (χ0n) is 19.1. The Kier molecular flexibility index (Phi) is 7.36. The van der Waals surface area contributed by atoms with Gasteiger partial charge in [0, 0.05) is 23.4 Å². The fourth-order valence-electron chi connectivity index (χ4n) is 3.85. The first-order valence-corrected chi connectivity index (χ1v) is 13.2. The molecule has 0 unspecified atom stereocenters. The highest BCUT2D eigenvalue weighted by Crippen LogP contribution is 2.33. The largest absolute Gasteiger partial charge is 0.336 e. The van der Waals surface area contributed by atoms with Crippen LogP contribution in [0.25, 0.3) is 11.1 Å². The van der Waals surface area contributed by atoms with Crippen molar-refractivity contribution in [1.82, 2.24) is 15.3 Å². The lowest BCUT2D eigenvalue weighted by Crippen LogP contribution is -2.53. The maximum atomic E-state index is 15.2. The molecular formula is C23H23ClFN6O4S+. The monoisotopic (exact) mass is 533 g/mol. The third-order valence-corrected chi connectivity index (χ3v) is 6.19. The van der Waals surface area contributed by atoms with Crippen molar-refractivity contribution in [2.45, 2.75) is 18.9 Å². The van der Waals surface area contributed by atoms with E-state index in [0.717, 1.165) is 6.26 Å². The lowest BCUT2D eigenvalue weighted by atomic mass is 10.0. The first kappa shape index (κ1) is 25.3. The summed E-state index contributed by atoms with van der Waals surface area (Å²) in [6.07, 6.45) is 4.66. The molecule has 2 aromatic carbocycles. The minimum absolute atomic E-state index is 0.176. The minimum Gasteiger partial charge on any atom is -0.326 e. The highest BCUT2D eigenvalue weighted by Gasteiger charge is 2.31. The predicted molar refractivity (Wildman–Crippen MR) is 130 cm³/mol. The molecule has 1 aliphatic rings. The van der Waals surface area contributed by atoms with Gasteiger partial charge >= 0.3 is 11.2 Å². The van der Waals surface area contributed by atoms with E-state index >= 15 is 4.39 Å².